The SMILES string of the molecule is O=C1C=CC2(CO)CCCCC2C1. The number of aliphatic hydroxyl groups is 1. The Morgan fingerprint density at radius 3 is 3.15 bits per heavy atom. The van der Waals surface area contributed by atoms with Crippen molar-refractivity contribution in [2.45, 2.75) is 32.1 Å². The molecule has 0 saturated heterocycles. The fourth-order valence-electron chi connectivity index (χ4n) is 2.69. The fraction of sp³-hybridized carbons (Fsp3) is 0.727. The summed E-state index contributed by atoms with van der Waals surface area (Å²) in [5.74, 6) is 0.639. The maximum atomic E-state index is 11.2. The van der Waals surface area contributed by atoms with E-state index in [-0.39, 0.29) is 17.8 Å². The van der Waals surface area contributed by atoms with Crippen LogP contribution in [0.1, 0.15) is 32.1 Å². The molecule has 1 saturated carbocycles. The minimum Gasteiger partial charge on any atom is -0.395 e. The van der Waals surface area contributed by atoms with Crippen LogP contribution in [0.25, 0.3) is 0 Å². The number of hydrogen-bond acceptors (Lipinski definition) is 2. The molecule has 2 rings (SSSR count). The summed E-state index contributed by atoms with van der Waals surface area (Å²) >= 11 is 0. The summed E-state index contributed by atoms with van der Waals surface area (Å²) in [6.45, 7) is 0.210. The Kier molecular flexibility index (Phi) is 2.24. The van der Waals surface area contributed by atoms with Gasteiger partial charge in [0, 0.05) is 11.8 Å². The van der Waals surface area contributed by atoms with Crippen LogP contribution in [-0.4, -0.2) is 17.5 Å². The number of carbonyl (C=O) groups is 1. The molecule has 72 valence electrons. The van der Waals surface area contributed by atoms with Gasteiger partial charge in [0.05, 0.1) is 6.61 Å². The maximum Gasteiger partial charge on any atom is 0.155 e. The Hall–Kier alpha value is -0.630. The Labute approximate surface area is 78.6 Å². The third kappa shape index (κ3) is 1.44. The van der Waals surface area contributed by atoms with Crippen LogP contribution in [-0.2, 0) is 4.79 Å². The summed E-state index contributed by atoms with van der Waals surface area (Å²) in [7, 11) is 0. The highest BCUT2D eigenvalue weighted by atomic mass is 16.3. The van der Waals surface area contributed by atoms with Crippen LogP contribution in [0.2, 0.25) is 0 Å². The molecule has 1 fully saturated rings. The monoisotopic (exact) mass is 180 g/mol. The van der Waals surface area contributed by atoms with Crippen molar-refractivity contribution in [3.8, 4) is 0 Å². The Morgan fingerprint density at radius 2 is 2.38 bits per heavy atom. The molecule has 2 nitrogen and oxygen atoms in total. The van der Waals surface area contributed by atoms with Gasteiger partial charge in [-0.2, -0.15) is 0 Å². The molecule has 2 aliphatic rings. The van der Waals surface area contributed by atoms with E-state index in [1.54, 1.807) is 6.08 Å². The van der Waals surface area contributed by atoms with E-state index < -0.39 is 0 Å². The van der Waals surface area contributed by atoms with Crippen LogP contribution >= 0.6 is 0 Å². The van der Waals surface area contributed by atoms with Crippen molar-refractivity contribution >= 4 is 5.78 Å². The minimum atomic E-state index is -0.0494. The highest BCUT2D eigenvalue weighted by Crippen LogP contribution is 2.46. The number of rotatable bonds is 1. The van der Waals surface area contributed by atoms with E-state index in [0.717, 1.165) is 12.8 Å². The quantitative estimate of drug-likeness (QED) is 0.666. The second-order valence-corrected chi connectivity index (χ2v) is 4.34. The van der Waals surface area contributed by atoms with Gasteiger partial charge < -0.3 is 5.11 Å². The van der Waals surface area contributed by atoms with Gasteiger partial charge in [-0.15, -0.1) is 0 Å². The van der Waals surface area contributed by atoms with E-state index in [1.165, 1.54) is 12.8 Å². The molecular weight excluding hydrogens is 164 g/mol. The van der Waals surface area contributed by atoms with Gasteiger partial charge >= 0.3 is 0 Å². The first-order chi connectivity index (χ1) is 6.27. The third-order valence-corrected chi connectivity index (χ3v) is 3.60. The number of carbonyl (C=O) groups excluding carboxylic acids is 1. The Bertz CT molecular complexity index is 244. The van der Waals surface area contributed by atoms with Crippen molar-refractivity contribution in [1.82, 2.24) is 0 Å². The zero-order valence-corrected chi connectivity index (χ0v) is 7.83. The molecule has 2 unspecified atom stereocenters. The molecule has 0 bridgehead atoms. The summed E-state index contributed by atoms with van der Waals surface area (Å²) in [5, 5.41) is 9.40. The molecule has 0 spiro atoms. The molecule has 13 heavy (non-hydrogen) atoms. The molecule has 0 aromatic heterocycles. The molecule has 0 radical (unpaired) electrons. The van der Waals surface area contributed by atoms with Crippen molar-refractivity contribution in [2.75, 3.05) is 6.61 Å². The van der Waals surface area contributed by atoms with Gasteiger partial charge in [-0.25, -0.2) is 0 Å². The molecular formula is C11H16O2. The second-order valence-electron chi connectivity index (χ2n) is 4.34. The molecule has 0 aliphatic heterocycles. The van der Waals surface area contributed by atoms with Crippen LogP contribution in [0, 0.1) is 11.3 Å². The number of allylic oxidation sites excluding steroid dienone is 1. The number of aliphatic hydroxyl groups excluding tert-OH is 1. The van der Waals surface area contributed by atoms with Crippen LogP contribution < -0.4 is 0 Å². The van der Waals surface area contributed by atoms with E-state index in [2.05, 4.69) is 0 Å². The van der Waals surface area contributed by atoms with Crippen LogP contribution in [0.15, 0.2) is 12.2 Å². The highest BCUT2D eigenvalue weighted by Gasteiger charge is 2.40. The number of hydrogen-bond donors (Lipinski definition) is 1. The van der Waals surface area contributed by atoms with Gasteiger partial charge in [-0.1, -0.05) is 18.9 Å². The van der Waals surface area contributed by atoms with Crippen molar-refractivity contribution < 1.29 is 9.90 Å². The van der Waals surface area contributed by atoms with Gasteiger partial charge in [0.15, 0.2) is 5.78 Å². The number of ketones is 1. The lowest BCUT2D eigenvalue weighted by atomic mass is 9.63. The summed E-state index contributed by atoms with van der Waals surface area (Å²) < 4.78 is 0. The fourth-order valence-corrected chi connectivity index (χ4v) is 2.69. The van der Waals surface area contributed by atoms with E-state index in [1.807, 2.05) is 6.08 Å². The van der Waals surface area contributed by atoms with E-state index >= 15 is 0 Å². The average molecular weight is 180 g/mol. The largest absolute Gasteiger partial charge is 0.395 e. The lowest BCUT2D eigenvalue weighted by molar-refractivity contribution is -0.118. The van der Waals surface area contributed by atoms with Crippen molar-refractivity contribution in [3.05, 3.63) is 12.2 Å². The molecule has 2 aliphatic carbocycles. The van der Waals surface area contributed by atoms with E-state index in [0.29, 0.717) is 12.3 Å². The van der Waals surface area contributed by atoms with Gasteiger partial charge in [0.25, 0.3) is 0 Å². The van der Waals surface area contributed by atoms with Crippen molar-refractivity contribution in [1.29, 1.82) is 0 Å². The van der Waals surface area contributed by atoms with Crippen molar-refractivity contribution in [2.24, 2.45) is 11.3 Å². The summed E-state index contributed by atoms with van der Waals surface area (Å²) in [4.78, 5) is 11.2. The van der Waals surface area contributed by atoms with Gasteiger partial charge in [0.2, 0.25) is 0 Å². The smallest absolute Gasteiger partial charge is 0.155 e. The Morgan fingerprint density at radius 1 is 1.54 bits per heavy atom. The summed E-state index contributed by atoms with van der Waals surface area (Å²) in [6.07, 6.45) is 8.84. The standard InChI is InChI=1S/C11H16O2/c12-8-11-5-2-1-3-9(11)7-10(13)4-6-11/h4,6,9,12H,1-3,5,7-8H2. The topological polar surface area (TPSA) is 37.3 Å². The van der Waals surface area contributed by atoms with Crippen molar-refractivity contribution in [3.63, 3.8) is 0 Å². The van der Waals surface area contributed by atoms with Gasteiger partial charge in [0.1, 0.15) is 0 Å². The predicted octanol–water partition coefficient (Wildman–Crippen LogP) is 1.68. The predicted molar refractivity (Wildman–Crippen MR) is 50.2 cm³/mol. The first kappa shape index (κ1) is 8.95. The molecule has 1 N–H and O–H groups in total. The summed E-state index contributed by atoms with van der Waals surface area (Å²) in [6, 6.07) is 0. The lowest BCUT2D eigenvalue weighted by Gasteiger charge is -2.42. The molecule has 0 aromatic carbocycles. The van der Waals surface area contributed by atoms with Crippen LogP contribution in [0.5, 0.6) is 0 Å². The highest BCUT2D eigenvalue weighted by molar-refractivity contribution is 5.91. The average Bonchev–Trinajstić information content (AvgIpc) is 2.18. The third-order valence-electron chi connectivity index (χ3n) is 3.60. The first-order valence-corrected chi connectivity index (χ1v) is 5.10. The molecule has 2 heteroatoms. The van der Waals surface area contributed by atoms with E-state index in [4.69, 9.17) is 0 Å². The molecule has 0 amide bonds. The lowest BCUT2D eigenvalue weighted by Crippen LogP contribution is -2.39. The minimum absolute atomic E-state index is 0.0494. The first-order valence-electron chi connectivity index (χ1n) is 5.10. The second kappa shape index (κ2) is 3.26. The van der Waals surface area contributed by atoms with Gasteiger partial charge in [-0.05, 0) is 24.8 Å². The zero-order chi connectivity index (χ0) is 9.31. The summed E-state index contributed by atoms with van der Waals surface area (Å²) in [5.41, 5.74) is -0.0494. The van der Waals surface area contributed by atoms with Crippen LogP contribution in [0.3, 0.4) is 0 Å². The Balaban J connectivity index is 2.26. The number of fused-ring (bicyclic) bond motifs is 1. The zero-order valence-electron chi connectivity index (χ0n) is 7.83. The van der Waals surface area contributed by atoms with Gasteiger partial charge in [-0.3, -0.25) is 4.79 Å². The molecule has 0 heterocycles. The normalized spacial score (nSPS) is 38.8. The maximum absolute atomic E-state index is 11.2. The molecule has 0 aromatic rings. The van der Waals surface area contributed by atoms with E-state index in [9.17, 15) is 9.90 Å². The van der Waals surface area contributed by atoms with Crippen LogP contribution in [0.4, 0.5) is 0 Å². The molecule has 2 atom stereocenters.